The van der Waals surface area contributed by atoms with Gasteiger partial charge in [-0.15, -0.1) is 0 Å². The van der Waals surface area contributed by atoms with Gasteiger partial charge in [0.15, 0.2) is 0 Å². The van der Waals surface area contributed by atoms with Gasteiger partial charge in [0.1, 0.15) is 5.60 Å². The molecular formula is C17H35N3O3. The topological polar surface area (TPSA) is 65.0 Å². The third-order valence-electron chi connectivity index (χ3n) is 3.99. The van der Waals surface area contributed by atoms with Crippen molar-refractivity contribution in [3.05, 3.63) is 0 Å². The maximum Gasteiger partial charge on any atom is 0.410 e. The molecule has 1 rings (SSSR count). The Morgan fingerprint density at radius 2 is 2.00 bits per heavy atom. The summed E-state index contributed by atoms with van der Waals surface area (Å²) in [6, 6.07) is 0.518. The van der Waals surface area contributed by atoms with Gasteiger partial charge in [-0.3, -0.25) is 0 Å². The first kappa shape index (κ1) is 20.2. The number of nitrogens with zero attached hydrogens (tertiary/aromatic N) is 2. The number of hydrogen-bond acceptors (Lipinski definition) is 5. The first-order chi connectivity index (χ1) is 10.7. The maximum absolute atomic E-state index is 12.2. The fourth-order valence-electron chi connectivity index (χ4n) is 2.76. The van der Waals surface area contributed by atoms with E-state index in [2.05, 4.69) is 17.1 Å². The van der Waals surface area contributed by atoms with Crippen molar-refractivity contribution < 1.29 is 14.6 Å². The summed E-state index contributed by atoms with van der Waals surface area (Å²) >= 11 is 0. The Kier molecular flexibility index (Phi) is 8.29. The zero-order chi connectivity index (χ0) is 17.5. The molecule has 0 aliphatic carbocycles. The fourth-order valence-corrected chi connectivity index (χ4v) is 2.76. The van der Waals surface area contributed by atoms with Gasteiger partial charge in [-0.1, -0.05) is 6.92 Å². The Bertz CT molecular complexity index is 347. The van der Waals surface area contributed by atoms with E-state index in [1.165, 1.54) is 0 Å². The molecule has 136 valence electrons. The van der Waals surface area contributed by atoms with Gasteiger partial charge in [0.25, 0.3) is 0 Å². The van der Waals surface area contributed by atoms with E-state index in [-0.39, 0.29) is 6.09 Å². The number of hydrogen-bond donors (Lipinski definition) is 2. The molecule has 0 bridgehead atoms. The van der Waals surface area contributed by atoms with E-state index in [9.17, 15) is 9.90 Å². The largest absolute Gasteiger partial charge is 0.444 e. The summed E-state index contributed by atoms with van der Waals surface area (Å²) in [7, 11) is 0. The van der Waals surface area contributed by atoms with Gasteiger partial charge >= 0.3 is 6.09 Å². The summed E-state index contributed by atoms with van der Waals surface area (Å²) in [5.41, 5.74) is -0.519. The van der Waals surface area contributed by atoms with Crippen LogP contribution in [0, 0.1) is 0 Å². The van der Waals surface area contributed by atoms with Crippen LogP contribution in [0.25, 0.3) is 0 Å². The lowest BCUT2D eigenvalue weighted by atomic mass is 10.1. The highest BCUT2D eigenvalue weighted by Crippen LogP contribution is 2.11. The van der Waals surface area contributed by atoms with Crippen molar-refractivity contribution in [2.24, 2.45) is 0 Å². The molecule has 1 amide bonds. The molecular weight excluding hydrogens is 294 g/mol. The molecule has 0 aromatic carbocycles. The van der Waals surface area contributed by atoms with Gasteiger partial charge < -0.3 is 25.0 Å². The van der Waals surface area contributed by atoms with E-state index in [0.29, 0.717) is 19.1 Å². The summed E-state index contributed by atoms with van der Waals surface area (Å²) in [5.74, 6) is 0. The maximum atomic E-state index is 12.2. The van der Waals surface area contributed by atoms with Crippen molar-refractivity contribution in [1.29, 1.82) is 0 Å². The third kappa shape index (κ3) is 8.53. The fraction of sp³-hybridized carbons (Fsp3) is 0.941. The predicted octanol–water partition coefficient (Wildman–Crippen LogP) is 1.68. The summed E-state index contributed by atoms with van der Waals surface area (Å²) in [6.45, 7) is 14.4. The first-order valence-electron chi connectivity index (χ1n) is 8.83. The van der Waals surface area contributed by atoms with Gasteiger partial charge in [0, 0.05) is 25.7 Å². The molecule has 0 spiro atoms. The SMILES string of the molecule is CCN1CCC(NCCN(CC(C)O)C(=O)OC(C)(C)C)CC1. The minimum atomic E-state index is -0.560. The van der Waals surface area contributed by atoms with Crippen molar-refractivity contribution in [1.82, 2.24) is 15.1 Å². The molecule has 1 fully saturated rings. The number of carbonyl (C=O) groups is 1. The monoisotopic (exact) mass is 329 g/mol. The predicted molar refractivity (Wildman–Crippen MR) is 92.6 cm³/mol. The highest BCUT2D eigenvalue weighted by atomic mass is 16.6. The van der Waals surface area contributed by atoms with E-state index in [0.717, 1.165) is 39.0 Å². The van der Waals surface area contributed by atoms with E-state index < -0.39 is 11.7 Å². The van der Waals surface area contributed by atoms with Gasteiger partial charge in [-0.25, -0.2) is 4.79 Å². The second-order valence-corrected chi connectivity index (χ2v) is 7.44. The lowest BCUT2D eigenvalue weighted by Gasteiger charge is -2.32. The molecule has 0 aromatic heterocycles. The average molecular weight is 329 g/mol. The lowest BCUT2D eigenvalue weighted by Crippen LogP contribution is -2.47. The Labute approximate surface area is 141 Å². The van der Waals surface area contributed by atoms with Gasteiger partial charge in [-0.05, 0) is 60.2 Å². The summed E-state index contributed by atoms with van der Waals surface area (Å²) < 4.78 is 5.41. The third-order valence-corrected chi connectivity index (χ3v) is 3.99. The molecule has 6 nitrogen and oxygen atoms in total. The van der Waals surface area contributed by atoms with Crippen LogP contribution < -0.4 is 5.32 Å². The van der Waals surface area contributed by atoms with Crippen molar-refractivity contribution in [3.63, 3.8) is 0 Å². The summed E-state index contributed by atoms with van der Waals surface area (Å²) in [6.07, 6.45) is 1.38. The van der Waals surface area contributed by atoms with Crippen molar-refractivity contribution >= 4 is 6.09 Å². The molecule has 0 aromatic rings. The molecule has 1 atom stereocenters. The first-order valence-corrected chi connectivity index (χ1v) is 8.83. The molecule has 1 saturated heterocycles. The molecule has 1 heterocycles. The van der Waals surface area contributed by atoms with Crippen LogP contribution in [0.5, 0.6) is 0 Å². The Morgan fingerprint density at radius 3 is 2.48 bits per heavy atom. The van der Waals surface area contributed by atoms with Crippen LogP contribution in [0.15, 0.2) is 0 Å². The Hall–Kier alpha value is -0.850. The Morgan fingerprint density at radius 1 is 1.39 bits per heavy atom. The number of piperidine rings is 1. The number of carbonyl (C=O) groups excluding carboxylic acids is 1. The number of nitrogens with one attached hydrogen (secondary N) is 1. The molecule has 1 aliphatic rings. The van der Waals surface area contributed by atoms with Crippen LogP contribution in [-0.4, -0.2) is 78.0 Å². The van der Waals surface area contributed by atoms with Crippen molar-refractivity contribution in [3.8, 4) is 0 Å². The van der Waals surface area contributed by atoms with Gasteiger partial charge in [0.05, 0.1) is 6.10 Å². The molecule has 1 unspecified atom stereocenters. The van der Waals surface area contributed by atoms with Gasteiger partial charge in [0.2, 0.25) is 0 Å². The minimum absolute atomic E-state index is 0.297. The zero-order valence-electron chi connectivity index (χ0n) is 15.5. The number of likely N-dealkylation sites (tertiary alicyclic amines) is 1. The Balaban J connectivity index is 2.38. The van der Waals surface area contributed by atoms with E-state index in [1.54, 1.807) is 11.8 Å². The van der Waals surface area contributed by atoms with Crippen LogP contribution in [0.4, 0.5) is 4.79 Å². The highest BCUT2D eigenvalue weighted by Gasteiger charge is 2.23. The number of ether oxygens (including phenoxy) is 1. The number of amides is 1. The van der Waals surface area contributed by atoms with E-state index in [4.69, 9.17) is 4.74 Å². The second kappa shape index (κ2) is 9.45. The van der Waals surface area contributed by atoms with Crippen LogP contribution in [0.1, 0.15) is 47.5 Å². The average Bonchev–Trinajstić information content (AvgIpc) is 2.44. The molecule has 6 heteroatoms. The normalized spacial score (nSPS) is 18.7. The smallest absolute Gasteiger partial charge is 0.410 e. The number of aliphatic hydroxyl groups is 1. The number of aliphatic hydroxyl groups excluding tert-OH is 1. The van der Waals surface area contributed by atoms with Crippen LogP contribution in [0.3, 0.4) is 0 Å². The van der Waals surface area contributed by atoms with E-state index in [1.807, 2.05) is 20.8 Å². The molecule has 23 heavy (non-hydrogen) atoms. The van der Waals surface area contributed by atoms with E-state index >= 15 is 0 Å². The van der Waals surface area contributed by atoms with Crippen LogP contribution in [-0.2, 0) is 4.74 Å². The van der Waals surface area contributed by atoms with Crippen molar-refractivity contribution in [2.45, 2.75) is 65.2 Å². The van der Waals surface area contributed by atoms with Crippen molar-refractivity contribution in [2.75, 3.05) is 39.3 Å². The van der Waals surface area contributed by atoms with Crippen LogP contribution in [0.2, 0.25) is 0 Å². The zero-order valence-corrected chi connectivity index (χ0v) is 15.5. The highest BCUT2D eigenvalue weighted by molar-refractivity contribution is 5.68. The molecule has 0 radical (unpaired) electrons. The summed E-state index contributed by atoms with van der Waals surface area (Å²) in [5, 5.41) is 13.1. The second-order valence-electron chi connectivity index (χ2n) is 7.44. The minimum Gasteiger partial charge on any atom is -0.444 e. The standard InChI is InChI=1S/C17H35N3O3/c1-6-19-10-7-15(8-11-19)18-9-12-20(13-14(2)21)16(22)23-17(3,4)5/h14-15,18,21H,6-13H2,1-5H3. The van der Waals surface area contributed by atoms with Crippen LogP contribution >= 0.6 is 0 Å². The van der Waals surface area contributed by atoms with Gasteiger partial charge in [-0.2, -0.15) is 0 Å². The number of rotatable bonds is 7. The molecule has 0 saturated carbocycles. The molecule has 2 N–H and O–H groups in total. The molecule has 1 aliphatic heterocycles. The quantitative estimate of drug-likeness (QED) is 0.744. The summed E-state index contributed by atoms with van der Waals surface area (Å²) in [4.78, 5) is 16.3. The lowest BCUT2D eigenvalue weighted by molar-refractivity contribution is 0.0161.